The molecule has 0 atom stereocenters. The molecule has 0 bridgehead atoms. The molecule has 2 aromatic rings. The number of benzene rings is 1. The molecule has 0 aliphatic heterocycles. The Morgan fingerprint density at radius 3 is 2.57 bits per heavy atom. The van der Waals surface area contributed by atoms with Crippen LogP contribution >= 0.6 is 0 Å². The van der Waals surface area contributed by atoms with Crippen LogP contribution in [0, 0.1) is 0 Å². The van der Waals surface area contributed by atoms with Crippen molar-refractivity contribution in [2.24, 2.45) is 0 Å². The summed E-state index contributed by atoms with van der Waals surface area (Å²) in [7, 11) is 0. The van der Waals surface area contributed by atoms with Crippen molar-refractivity contribution in [3.8, 4) is 11.5 Å². The van der Waals surface area contributed by atoms with Crippen LogP contribution in [-0.4, -0.2) is 22.8 Å². The highest BCUT2D eigenvalue weighted by atomic mass is 19.4. The normalized spacial score (nSPS) is 12.1. The van der Waals surface area contributed by atoms with Crippen LogP contribution in [-0.2, 0) is 12.6 Å². The van der Waals surface area contributed by atoms with E-state index in [4.69, 9.17) is 4.42 Å². The third-order valence-corrected chi connectivity index (χ3v) is 2.82. The van der Waals surface area contributed by atoms with E-state index in [1.807, 2.05) is 13.8 Å². The van der Waals surface area contributed by atoms with E-state index in [0.29, 0.717) is 24.9 Å². The maximum Gasteiger partial charge on any atom is 0.417 e. The molecule has 114 valence electrons. The van der Waals surface area contributed by atoms with Crippen LogP contribution < -0.4 is 5.32 Å². The number of aromatic nitrogens is 2. The molecule has 0 amide bonds. The molecule has 21 heavy (non-hydrogen) atoms. The van der Waals surface area contributed by atoms with E-state index in [-0.39, 0.29) is 11.5 Å². The number of hydrogen-bond donors (Lipinski definition) is 1. The fraction of sp³-hybridized carbons (Fsp3) is 0.429. The van der Waals surface area contributed by atoms with Gasteiger partial charge in [-0.2, -0.15) is 13.2 Å². The van der Waals surface area contributed by atoms with Gasteiger partial charge < -0.3 is 9.73 Å². The SMILES string of the molecule is CC(C)NCCc1nnc(-c2ccccc2C(F)(F)F)o1. The molecule has 0 saturated carbocycles. The van der Waals surface area contributed by atoms with Gasteiger partial charge in [0.25, 0.3) is 0 Å². The first-order valence-electron chi connectivity index (χ1n) is 6.60. The summed E-state index contributed by atoms with van der Waals surface area (Å²) in [5.41, 5.74) is -0.874. The standard InChI is InChI=1S/C14H16F3N3O/c1-9(2)18-8-7-12-19-20-13(21-12)10-5-3-4-6-11(10)14(15,16)17/h3-6,9,18H,7-8H2,1-2H3. The summed E-state index contributed by atoms with van der Waals surface area (Å²) in [6, 6.07) is 5.48. The van der Waals surface area contributed by atoms with Gasteiger partial charge in [0.05, 0.1) is 11.1 Å². The molecule has 0 fully saturated rings. The van der Waals surface area contributed by atoms with Crippen LogP contribution in [0.25, 0.3) is 11.5 Å². The zero-order valence-corrected chi connectivity index (χ0v) is 11.7. The fourth-order valence-corrected chi connectivity index (χ4v) is 1.85. The minimum absolute atomic E-state index is 0.0967. The van der Waals surface area contributed by atoms with Crippen LogP contribution in [0.15, 0.2) is 28.7 Å². The number of hydrogen-bond acceptors (Lipinski definition) is 4. The monoisotopic (exact) mass is 299 g/mol. The van der Waals surface area contributed by atoms with Crippen molar-refractivity contribution in [2.75, 3.05) is 6.54 Å². The van der Waals surface area contributed by atoms with E-state index in [9.17, 15) is 13.2 Å². The molecular weight excluding hydrogens is 283 g/mol. The summed E-state index contributed by atoms with van der Waals surface area (Å²) in [6.45, 7) is 4.62. The predicted octanol–water partition coefficient (Wildman–Crippen LogP) is 3.30. The maximum atomic E-state index is 12.9. The first-order valence-corrected chi connectivity index (χ1v) is 6.60. The van der Waals surface area contributed by atoms with Gasteiger partial charge in [-0.15, -0.1) is 10.2 Å². The van der Waals surface area contributed by atoms with Gasteiger partial charge in [0, 0.05) is 19.0 Å². The quantitative estimate of drug-likeness (QED) is 0.920. The Bertz CT molecular complexity index is 593. The van der Waals surface area contributed by atoms with Crippen molar-refractivity contribution in [2.45, 2.75) is 32.5 Å². The number of halogens is 3. The number of alkyl halides is 3. The van der Waals surface area contributed by atoms with Crippen molar-refractivity contribution < 1.29 is 17.6 Å². The first kappa shape index (κ1) is 15.5. The number of nitrogens with zero attached hydrogens (tertiary/aromatic N) is 2. The van der Waals surface area contributed by atoms with E-state index in [2.05, 4.69) is 15.5 Å². The van der Waals surface area contributed by atoms with Gasteiger partial charge in [0.15, 0.2) is 0 Å². The van der Waals surface area contributed by atoms with Crippen LogP contribution in [0.1, 0.15) is 25.3 Å². The smallest absolute Gasteiger partial charge is 0.417 e. The third kappa shape index (κ3) is 4.04. The van der Waals surface area contributed by atoms with Crippen molar-refractivity contribution in [1.29, 1.82) is 0 Å². The summed E-state index contributed by atoms with van der Waals surface area (Å²) in [5, 5.41) is 10.7. The Morgan fingerprint density at radius 1 is 1.19 bits per heavy atom. The van der Waals surface area contributed by atoms with E-state index in [1.165, 1.54) is 18.2 Å². The average Bonchev–Trinajstić information content (AvgIpc) is 2.86. The first-order chi connectivity index (χ1) is 9.88. The lowest BCUT2D eigenvalue weighted by atomic mass is 10.1. The summed E-state index contributed by atoms with van der Waals surface area (Å²) in [6.07, 6.45) is -3.98. The Balaban J connectivity index is 2.18. The lowest BCUT2D eigenvalue weighted by molar-refractivity contribution is -0.137. The molecule has 2 rings (SSSR count). The summed E-state index contributed by atoms with van der Waals surface area (Å²) < 4.78 is 44.1. The van der Waals surface area contributed by atoms with E-state index < -0.39 is 11.7 Å². The molecular formula is C14H16F3N3O. The molecule has 0 aliphatic rings. The van der Waals surface area contributed by atoms with Gasteiger partial charge in [-0.25, -0.2) is 0 Å². The topological polar surface area (TPSA) is 51.0 Å². The number of rotatable bonds is 5. The molecule has 0 saturated heterocycles. The Kier molecular flexibility index (Phi) is 4.62. The number of nitrogens with one attached hydrogen (secondary N) is 1. The summed E-state index contributed by atoms with van der Waals surface area (Å²) in [4.78, 5) is 0. The van der Waals surface area contributed by atoms with Gasteiger partial charge in [-0.05, 0) is 12.1 Å². The highest BCUT2D eigenvalue weighted by Crippen LogP contribution is 2.36. The molecule has 0 aliphatic carbocycles. The minimum Gasteiger partial charge on any atom is -0.421 e. The van der Waals surface area contributed by atoms with Gasteiger partial charge in [-0.3, -0.25) is 0 Å². The second-order valence-corrected chi connectivity index (χ2v) is 4.90. The highest BCUT2D eigenvalue weighted by Gasteiger charge is 2.34. The zero-order valence-electron chi connectivity index (χ0n) is 11.7. The zero-order chi connectivity index (χ0) is 15.5. The molecule has 1 heterocycles. The van der Waals surface area contributed by atoms with Crippen LogP contribution in [0.5, 0.6) is 0 Å². The van der Waals surface area contributed by atoms with Crippen molar-refractivity contribution >= 4 is 0 Å². The van der Waals surface area contributed by atoms with Gasteiger partial charge in [-0.1, -0.05) is 26.0 Å². The van der Waals surface area contributed by atoms with Gasteiger partial charge >= 0.3 is 6.18 Å². The fourth-order valence-electron chi connectivity index (χ4n) is 1.85. The summed E-state index contributed by atoms with van der Waals surface area (Å²) >= 11 is 0. The second-order valence-electron chi connectivity index (χ2n) is 4.90. The molecule has 1 aromatic heterocycles. The summed E-state index contributed by atoms with van der Waals surface area (Å²) in [5.74, 6) is 0.206. The van der Waals surface area contributed by atoms with E-state index in [0.717, 1.165) is 6.07 Å². The Labute approximate surface area is 120 Å². The van der Waals surface area contributed by atoms with Crippen LogP contribution in [0.3, 0.4) is 0 Å². The average molecular weight is 299 g/mol. The maximum absolute atomic E-state index is 12.9. The van der Waals surface area contributed by atoms with Gasteiger partial charge in [0.1, 0.15) is 0 Å². The Hall–Kier alpha value is -1.89. The van der Waals surface area contributed by atoms with Crippen molar-refractivity contribution in [3.05, 3.63) is 35.7 Å². The molecule has 7 heteroatoms. The van der Waals surface area contributed by atoms with Crippen LogP contribution in [0.2, 0.25) is 0 Å². The lowest BCUT2D eigenvalue weighted by Gasteiger charge is -2.09. The molecule has 1 aromatic carbocycles. The van der Waals surface area contributed by atoms with Crippen molar-refractivity contribution in [1.82, 2.24) is 15.5 Å². The third-order valence-electron chi connectivity index (χ3n) is 2.82. The van der Waals surface area contributed by atoms with Crippen LogP contribution in [0.4, 0.5) is 13.2 Å². The Morgan fingerprint density at radius 2 is 1.90 bits per heavy atom. The molecule has 0 unspecified atom stereocenters. The predicted molar refractivity (Wildman–Crippen MR) is 71.6 cm³/mol. The molecule has 4 nitrogen and oxygen atoms in total. The second kappa shape index (κ2) is 6.26. The lowest BCUT2D eigenvalue weighted by Crippen LogP contribution is -2.25. The molecule has 1 N–H and O–H groups in total. The van der Waals surface area contributed by atoms with Gasteiger partial charge in [0.2, 0.25) is 11.8 Å². The highest BCUT2D eigenvalue weighted by molar-refractivity contribution is 5.59. The van der Waals surface area contributed by atoms with E-state index >= 15 is 0 Å². The molecule has 0 radical (unpaired) electrons. The van der Waals surface area contributed by atoms with E-state index in [1.54, 1.807) is 0 Å². The minimum atomic E-state index is -4.45. The largest absolute Gasteiger partial charge is 0.421 e. The van der Waals surface area contributed by atoms with Crippen molar-refractivity contribution in [3.63, 3.8) is 0 Å². The molecule has 0 spiro atoms.